The van der Waals surface area contributed by atoms with Crippen molar-refractivity contribution in [3.8, 4) is 11.1 Å². The van der Waals surface area contributed by atoms with Crippen molar-refractivity contribution in [2.24, 2.45) is 17.6 Å². The van der Waals surface area contributed by atoms with E-state index < -0.39 is 41.8 Å². The van der Waals surface area contributed by atoms with Crippen molar-refractivity contribution in [2.75, 3.05) is 5.32 Å². The molecule has 7 nitrogen and oxygen atoms in total. The van der Waals surface area contributed by atoms with Crippen LogP contribution in [0.1, 0.15) is 53.4 Å². The number of fused-ring (bicyclic) bond motifs is 2. The Morgan fingerprint density at radius 3 is 2.29 bits per heavy atom. The molecule has 2 aliphatic heterocycles. The number of carboxylic acid groups (broad SMARTS) is 1. The summed E-state index contributed by atoms with van der Waals surface area (Å²) in [4.78, 5) is 38.0. The lowest BCUT2D eigenvalue weighted by Crippen LogP contribution is -2.41. The number of carboxylic acids is 1. The highest BCUT2D eigenvalue weighted by atomic mass is 32.1. The van der Waals surface area contributed by atoms with Crippen molar-refractivity contribution in [2.45, 2.75) is 51.7 Å². The number of hydrogen-bond donors (Lipinski definition) is 3. The number of amides is 2. The minimum absolute atomic E-state index is 0.254. The lowest BCUT2D eigenvalue weighted by molar-refractivity contribution is -0.147. The van der Waals surface area contributed by atoms with Crippen molar-refractivity contribution >= 4 is 34.1 Å². The number of nitrogens with two attached hydrogens (primary N) is 1. The Balaban J connectivity index is 1.67. The molecule has 0 saturated carbocycles. The van der Waals surface area contributed by atoms with Crippen molar-refractivity contribution in [1.29, 1.82) is 0 Å². The predicted molar refractivity (Wildman–Crippen MR) is 118 cm³/mol. The molecule has 2 amide bonds. The Morgan fingerprint density at radius 2 is 1.74 bits per heavy atom. The zero-order chi connectivity index (χ0) is 22.4. The molecule has 3 heterocycles. The highest BCUT2D eigenvalue weighted by Gasteiger charge is 2.55. The summed E-state index contributed by atoms with van der Waals surface area (Å²) in [5.74, 6) is -3.38. The molecule has 2 saturated heterocycles. The molecule has 8 heteroatoms. The van der Waals surface area contributed by atoms with Gasteiger partial charge in [-0.25, -0.2) is 0 Å². The smallest absolute Gasteiger partial charge is 0.310 e. The Labute approximate surface area is 184 Å². The maximum Gasteiger partial charge on any atom is 0.310 e. The van der Waals surface area contributed by atoms with Gasteiger partial charge in [0, 0.05) is 10.4 Å². The van der Waals surface area contributed by atoms with E-state index >= 15 is 0 Å². The van der Waals surface area contributed by atoms with E-state index in [4.69, 9.17) is 10.5 Å². The number of benzene rings is 1. The van der Waals surface area contributed by atoms with Crippen LogP contribution in [0.2, 0.25) is 0 Å². The van der Waals surface area contributed by atoms with Gasteiger partial charge in [-0.1, -0.05) is 38.1 Å². The fourth-order valence-corrected chi connectivity index (χ4v) is 5.85. The van der Waals surface area contributed by atoms with Gasteiger partial charge in [0.05, 0.1) is 29.6 Å². The molecule has 0 unspecified atom stereocenters. The van der Waals surface area contributed by atoms with E-state index in [2.05, 4.69) is 19.2 Å². The summed E-state index contributed by atoms with van der Waals surface area (Å²) in [6, 6.07) is 7.94. The Morgan fingerprint density at radius 1 is 1.13 bits per heavy atom. The SMILES string of the molecule is Cc1sc(NC(=O)[C@H]2[C@H](C(=O)O)[C@H]3CC[C@H]2O3)c(C(N)=O)c1-c1ccc(C(C)C)cc1. The second kappa shape index (κ2) is 8.09. The molecule has 4 atom stereocenters. The Kier molecular flexibility index (Phi) is 5.61. The maximum atomic E-state index is 13.1. The second-order valence-electron chi connectivity index (χ2n) is 8.55. The lowest BCUT2D eigenvalue weighted by atomic mass is 9.78. The topological polar surface area (TPSA) is 119 Å². The van der Waals surface area contributed by atoms with Crippen molar-refractivity contribution in [1.82, 2.24) is 0 Å². The zero-order valence-electron chi connectivity index (χ0n) is 17.7. The van der Waals surface area contributed by atoms with E-state index in [1.807, 2.05) is 31.2 Å². The summed E-state index contributed by atoms with van der Waals surface area (Å²) in [5.41, 5.74) is 8.69. The number of hydrogen-bond acceptors (Lipinski definition) is 5. The summed E-state index contributed by atoms with van der Waals surface area (Å²) in [7, 11) is 0. The Hall–Kier alpha value is -2.71. The minimum Gasteiger partial charge on any atom is -0.481 e. The van der Waals surface area contributed by atoms with E-state index in [9.17, 15) is 19.5 Å². The number of carbonyl (C=O) groups is 3. The highest BCUT2D eigenvalue weighted by molar-refractivity contribution is 7.17. The molecule has 0 spiro atoms. The standard InChI is InChI=1S/C23H26N2O5S/c1-10(2)12-4-6-13(7-5-12)16-11(3)31-22(19(16)20(24)26)25-21(27)17-14-8-9-15(30-14)18(17)23(28)29/h4-7,10,14-15,17-18H,8-9H2,1-3H3,(H2,24,26)(H,25,27)(H,28,29)/t14-,15-,17-,18-/m1/s1. The summed E-state index contributed by atoms with van der Waals surface area (Å²) in [6.07, 6.45) is 0.458. The fraction of sp³-hybridized carbons (Fsp3) is 0.435. The van der Waals surface area contributed by atoms with Crippen LogP contribution in [0.3, 0.4) is 0 Å². The third-order valence-corrected chi connectivity index (χ3v) is 7.32. The molecule has 31 heavy (non-hydrogen) atoms. The van der Waals surface area contributed by atoms with Crippen LogP contribution in [0.4, 0.5) is 5.00 Å². The summed E-state index contributed by atoms with van der Waals surface area (Å²) < 4.78 is 5.69. The first kappa shape index (κ1) is 21.5. The van der Waals surface area contributed by atoms with Gasteiger partial charge in [-0.05, 0) is 36.8 Å². The third-order valence-electron chi connectivity index (χ3n) is 6.29. The molecule has 2 fully saturated rings. The molecule has 1 aromatic carbocycles. The number of nitrogens with one attached hydrogen (secondary N) is 1. The van der Waals surface area contributed by atoms with Crippen molar-refractivity contribution in [3.63, 3.8) is 0 Å². The molecule has 2 aliphatic rings. The van der Waals surface area contributed by atoms with Gasteiger partial charge in [-0.2, -0.15) is 0 Å². The number of carbonyl (C=O) groups excluding carboxylic acids is 2. The average Bonchev–Trinajstić information content (AvgIpc) is 3.40. The van der Waals surface area contributed by atoms with Crippen molar-refractivity contribution < 1.29 is 24.2 Å². The predicted octanol–water partition coefficient (Wildman–Crippen LogP) is 3.76. The van der Waals surface area contributed by atoms with Gasteiger partial charge in [-0.3, -0.25) is 14.4 Å². The van der Waals surface area contributed by atoms with Crippen LogP contribution in [-0.4, -0.2) is 35.1 Å². The molecule has 2 aromatic rings. The number of primary amides is 1. The van der Waals surface area contributed by atoms with E-state index in [1.54, 1.807) is 0 Å². The molecule has 4 N–H and O–H groups in total. The first-order valence-electron chi connectivity index (χ1n) is 10.4. The molecule has 4 rings (SSSR count). The molecule has 1 aromatic heterocycles. The summed E-state index contributed by atoms with van der Waals surface area (Å²) in [5, 5.41) is 12.7. The third kappa shape index (κ3) is 3.74. The van der Waals surface area contributed by atoms with Crippen LogP contribution in [0.25, 0.3) is 11.1 Å². The molecule has 0 aliphatic carbocycles. The molecular formula is C23H26N2O5S. The highest BCUT2D eigenvalue weighted by Crippen LogP contribution is 2.45. The largest absolute Gasteiger partial charge is 0.481 e. The van der Waals surface area contributed by atoms with Gasteiger partial charge in [0.15, 0.2) is 0 Å². The number of aryl methyl sites for hydroxylation is 1. The van der Waals surface area contributed by atoms with Gasteiger partial charge in [-0.15, -0.1) is 11.3 Å². The van der Waals surface area contributed by atoms with E-state index in [1.165, 1.54) is 16.9 Å². The van der Waals surface area contributed by atoms with Crippen LogP contribution in [0.5, 0.6) is 0 Å². The number of aliphatic carboxylic acids is 1. The first-order chi connectivity index (χ1) is 14.7. The van der Waals surface area contributed by atoms with Crippen LogP contribution in [0, 0.1) is 18.8 Å². The summed E-state index contributed by atoms with van der Waals surface area (Å²) in [6.45, 7) is 6.09. The zero-order valence-corrected chi connectivity index (χ0v) is 18.5. The lowest BCUT2D eigenvalue weighted by Gasteiger charge is -2.23. The average molecular weight is 443 g/mol. The number of rotatable bonds is 6. The van der Waals surface area contributed by atoms with Gasteiger partial charge >= 0.3 is 5.97 Å². The number of anilines is 1. The Bertz CT molecular complexity index is 1040. The van der Waals surface area contributed by atoms with Gasteiger partial charge in [0.1, 0.15) is 5.00 Å². The number of ether oxygens (including phenoxy) is 1. The summed E-state index contributed by atoms with van der Waals surface area (Å²) >= 11 is 1.27. The quantitative estimate of drug-likeness (QED) is 0.629. The van der Waals surface area contributed by atoms with Crippen LogP contribution in [-0.2, 0) is 14.3 Å². The van der Waals surface area contributed by atoms with E-state index in [0.717, 1.165) is 10.4 Å². The van der Waals surface area contributed by atoms with Gasteiger partial charge in [0.2, 0.25) is 5.91 Å². The monoisotopic (exact) mass is 442 g/mol. The molecule has 164 valence electrons. The first-order valence-corrected chi connectivity index (χ1v) is 11.2. The normalized spacial score (nSPS) is 24.5. The molecular weight excluding hydrogens is 416 g/mol. The van der Waals surface area contributed by atoms with Crippen LogP contribution < -0.4 is 11.1 Å². The molecule has 0 radical (unpaired) electrons. The maximum absolute atomic E-state index is 13.1. The van der Waals surface area contributed by atoms with Crippen LogP contribution >= 0.6 is 11.3 Å². The minimum atomic E-state index is -1.03. The van der Waals surface area contributed by atoms with E-state index in [0.29, 0.717) is 29.3 Å². The number of thiophene rings is 1. The van der Waals surface area contributed by atoms with Gasteiger partial charge < -0.3 is 20.9 Å². The van der Waals surface area contributed by atoms with Gasteiger partial charge in [0.25, 0.3) is 5.91 Å². The molecule has 2 bridgehead atoms. The van der Waals surface area contributed by atoms with E-state index in [-0.39, 0.29) is 5.56 Å². The van der Waals surface area contributed by atoms with Crippen molar-refractivity contribution in [3.05, 3.63) is 40.3 Å². The second-order valence-corrected chi connectivity index (χ2v) is 9.77. The fourth-order valence-electron chi connectivity index (χ4n) is 4.77. The van der Waals surface area contributed by atoms with Crippen LogP contribution in [0.15, 0.2) is 24.3 Å².